The highest BCUT2D eigenvalue weighted by Gasteiger charge is 2.31. The van der Waals surface area contributed by atoms with Crippen molar-refractivity contribution < 1.29 is 33.3 Å². The quantitative estimate of drug-likeness (QED) is 0.343. The van der Waals surface area contributed by atoms with Crippen LogP contribution < -0.4 is 14.2 Å². The number of Topliss-reactive ketones (excluding diaryl/α,β-unsaturated/α-hetero) is 1. The number of ether oxygens (including phenoxy) is 5. The minimum Gasteiger partial charge on any atom is -0.482 e. The molecule has 3 aromatic rings. The summed E-state index contributed by atoms with van der Waals surface area (Å²) in [4.78, 5) is 25.2. The maximum absolute atomic E-state index is 13.1. The Bertz CT molecular complexity index is 1330. The van der Waals surface area contributed by atoms with Crippen LogP contribution in [0.1, 0.15) is 32.6 Å². The molecular formula is C27H21ClO7. The van der Waals surface area contributed by atoms with Gasteiger partial charge in [0.2, 0.25) is 5.78 Å². The van der Waals surface area contributed by atoms with Gasteiger partial charge in [-0.3, -0.25) is 4.79 Å². The Labute approximate surface area is 206 Å². The molecular weight excluding hydrogens is 472 g/mol. The van der Waals surface area contributed by atoms with E-state index < -0.39 is 5.97 Å². The standard InChI is InChI=1S/C27H21ClO7/c1-16-7-21(32-14-24(29)33-12-17-5-3-2-4-6-17)11-22-25(16)26(30)23(35-22)10-18-8-20(28)9-19-13-31-15-34-27(18)19/h2-11H,12-15H2,1H3/b23-10-. The molecule has 8 heteroatoms. The predicted molar refractivity (Wildman–Crippen MR) is 128 cm³/mol. The summed E-state index contributed by atoms with van der Waals surface area (Å²) in [5.41, 5.74) is 3.42. The molecule has 2 aliphatic heterocycles. The smallest absolute Gasteiger partial charge is 0.344 e. The lowest BCUT2D eigenvalue weighted by Gasteiger charge is -2.20. The molecule has 0 atom stereocenters. The summed E-state index contributed by atoms with van der Waals surface area (Å²) in [5.74, 6) is 0.741. The summed E-state index contributed by atoms with van der Waals surface area (Å²) in [6.07, 6.45) is 1.61. The van der Waals surface area contributed by atoms with Crippen LogP contribution in [0.2, 0.25) is 5.02 Å². The van der Waals surface area contributed by atoms with Crippen molar-refractivity contribution in [1.82, 2.24) is 0 Å². The molecule has 0 spiro atoms. The monoisotopic (exact) mass is 492 g/mol. The van der Waals surface area contributed by atoms with E-state index in [0.717, 1.165) is 11.1 Å². The Hall–Kier alpha value is -3.81. The number of fused-ring (bicyclic) bond motifs is 2. The van der Waals surface area contributed by atoms with Crippen molar-refractivity contribution in [3.63, 3.8) is 0 Å². The van der Waals surface area contributed by atoms with E-state index in [0.29, 0.717) is 45.6 Å². The first-order chi connectivity index (χ1) is 17.0. The van der Waals surface area contributed by atoms with Crippen molar-refractivity contribution in [3.05, 3.63) is 93.2 Å². The first-order valence-electron chi connectivity index (χ1n) is 10.9. The van der Waals surface area contributed by atoms with Crippen LogP contribution in [-0.2, 0) is 27.5 Å². The zero-order chi connectivity index (χ0) is 24.4. The van der Waals surface area contributed by atoms with Crippen molar-refractivity contribution in [1.29, 1.82) is 0 Å². The van der Waals surface area contributed by atoms with E-state index in [4.69, 9.17) is 35.3 Å². The van der Waals surface area contributed by atoms with Crippen LogP contribution >= 0.6 is 11.6 Å². The van der Waals surface area contributed by atoms with Crippen molar-refractivity contribution in [3.8, 4) is 17.2 Å². The summed E-state index contributed by atoms with van der Waals surface area (Å²) in [7, 11) is 0. The average molecular weight is 493 g/mol. The molecule has 0 bridgehead atoms. The molecule has 2 heterocycles. The Morgan fingerprint density at radius 2 is 1.97 bits per heavy atom. The van der Waals surface area contributed by atoms with E-state index in [2.05, 4.69) is 0 Å². The van der Waals surface area contributed by atoms with Gasteiger partial charge in [0.25, 0.3) is 0 Å². The van der Waals surface area contributed by atoms with Crippen molar-refractivity contribution in [2.24, 2.45) is 0 Å². The van der Waals surface area contributed by atoms with E-state index in [9.17, 15) is 9.59 Å². The van der Waals surface area contributed by atoms with Gasteiger partial charge in [-0.1, -0.05) is 41.9 Å². The Kier molecular flexibility index (Phi) is 6.44. The third-order valence-electron chi connectivity index (χ3n) is 5.53. The fraction of sp³-hybridized carbons (Fsp3) is 0.185. The first kappa shape index (κ1) is 23.0. The third-order valence-corrected chi connectivity index (χ3v) is 5.75. The maximum atomic E-state index is 13.1. The van der Waals surface area contributed by atoms with Gasteiger partial charge in [0, 0.05) is 22.2 Å². The molecule has 0 saturated carbocycles. The lowest BCUT2D eigenvalue weighted by Crippen LogP contribution is -2.14. The number of benzene rings is 3. The van der Waals surface area contributed by atoms with Crippen LogP contribution in [-0.4, -0.2) is 25.2 Å². The molecule has 0 aromatic heterocycles. The summed E-state index contributed by atoms with van der Waals surface area (Å²) in [5, 5.41) is 0.499. The number of allylic oxidation sites excluding steroid dienone is 1. The highest BCUT2D eigenvalue weighted by atomic mass is 35.5. The lowest BCUT2D eigenvalue weighted by molar-refractivity contribution is -0.147. The highest BCUT2D eigenvalue weighted by Crippen LogP contribution is 2.39. The van der Waals surface area contributed by atoms with Gasteiger partial charge in [-0.15, -0.1) is 0 Å². The van der Waals surface area contributed by atoms with Crippen LogP contribution in [0.3, 0.4) is 0 Å². The van der Waals surface area contributed by atoms with E-state index in [1.54, 1.807) is 37.3 Å². The number of hydrogen-bond acceptors (Lipinski definition) is 7. The summed E-state index contributed by atoms with van der Waals surface area (Å²) in [6.45, 7) is 2.17. The largest absolute Gasteiger partial charge is 0.482 e. The predicted octanol–water partition coefficient (Wildman–Crippen LogP) is 5.25. The number of rotatable bonds is 6. The highest BCUT2D eigenvalue weighted by molar-refractivity contribution is 6.31. The molecule has 0 saturated heterocycles. The fourth-order valence-electron chi connectivity index (χ4n) is 3.94. The van der Waals surface area contributed by atoms with Crippen LogP contribution in [0.15, 0.2) is 60.4 Å². The second-order valence-electron chi connectivity index (χ2n) is 8.08. The Morgan fingerprint density at radius 1 is 1.14 bits per heavy atom. The topological polar surface area (TPSA) is 80.3 Å². The van der Waals surface area contributed by atoms with Gasteiger partial charge >= 0.3 is 5.97 Å². The second kappa shape index (κ2) is 9.82. The number of ketones is 1. The molecule has 35 heavy (non-hydrogen) atoms. The molecule has 0 amide bonds. The number of carbonyl (C=O) groups is 2. The maximum Gasteiger partial charge on any atom is 0.344 e. The van der Waals surface area contributed by atoms with Gasteiger partial charge in [0.05, 0.1) is 12.2 Å². The normalized spacial score (nSPS) is 15.1. The van der Waals surface area contributed by atoms with Crippen molar-refractivity contribution in [2.45, 2.75) is 20.1 Å². The molecule has 5 rings (SSSR count). The average Bonchev–Trinajstić information content (AvgIpc) is 3.17. The Balaban J connectivity index is 1.30. The molecule has 7 nitrogen and oxygen atoms in total. The van der Waals surface area contributed by atoms with E-state index >= 15 is 0 Å². The molecule has 0 fully saturated rings. The van der Waals surface area contributed by atoms with Crippen LogP contribution in [0.4, 0.5) is 0 Å². The van der Waals surface area contributed by atoms with Gasteiger partial charge in [-0.2, -0.15) is 0 Å². The molecule has 0 N–H and O–H groups in total. The SMILES string of the molecule is Cc1cc(OCC(=O)OCc2ccccc2)cc2c1C(=O)/C(=C/c1cc(Cl)cc3c1OCOC3)O2. The number of hydrogen-bond donors (Lipinski definition) is 0. The molecule has 0 aliphatic carbocycles. The lowest BCUT2D eigenvalue weighted by atomic mass is 10.0. The van der Waals surface area contributed by atoms with Crippen molar-refractivity contribution >= 4 is 29.4 Å². The zero-order valence-electron chi connectivity index (χ0n) is 18.8. The third kappa shape index (κ3) is 5.01. The van der Waals surface area contributed by atoms with E-state index in [1.807, 2.05) is 30.3 Å². The number of esters is 1. The summed E-state index contributed by atoms with van der Waals surface area (Å²) < 4.78 is 27.6. The van der Waals surface area contributed by atoms with Gasteiger partial charge < -0.3 is 23.7 Å². The Morgan fingerprint density at radius 3 is 2.80 bits per heavy atom. The van der Waals surface area contributed by atoms with E-state index in [1.165, 1.54) is 0 Å². The minimum absolute atomic E-state index is 0.118. The number of carbonyl (C=O) groups excluding carboxylic acids is 2. The van der Waals surface area contributed by atoms with Gasteiger partial charge in [-0.05, 0) is 42.3 Å². The second-order valence-corrected chi connectivity index (χ2v) is 8.52. The van der Waals surface area contributed by atoms with Crippen LogP contribution in [0.5, 0.6) is 17.2 Å². The van der Waals surface area contributed by atoms with Crippen LogP contribution in [0, 0.1) is 6.92 Å². The van der Waals surface area contributed by atoms with Gasteiger partial charge in [0.1, 0.15) is 23.9 Å². The zero-order valence-corrected chi connectivity index (χ0v) is 19.6. The minimum atomic E-state index is -0.501. The molecule has 178 valence electrons. The fourth-order valence-corrected chi connectivity index (χ4v) is 4.19. The van der Waals surface area contributed by atoms with E-state index in [-0.39, 0.29) is 31.5 Å². The summed E-state index contributed by atoms with van der Waals surface area (Å²) >= 11 is 6.24. The molecule has 2 aliphatic rings. The van der Waals surface area contributed by atoms with Crippen molar-refractivity contribution in [2.75, 3.05) is 13.4 Å². The van der Waals surface area contributed by atoms with Gasteiger partial charge in [0.15, 0.2) is 19.2 Å². The number of aryl methyl sites for hydroxylation is 1. The number of halogens is 1. The summed E-state index contributed by atoms with van der Waals surface area (Å²) in [6, 6.07) is 16.1. The molecule has 3 aromatic carbocycles. The van der Waals surface area contributed by atoms with Gasteiger partial charge in [-0.25, -0.2) is 4.79 Å². The molecule has 0 unspecified atom stereocenters. The van der Waals surface area contributed by atoms with Crippen LogP contribution in [0.25, 0.3) is 6.08 Å². The first-order valence-corrected chi connectivity index (χ1v) is 11.3. The molecule has 0 radical (unpaired) electrons.